The van der Waals surface area contributed by atoms with Gasteiger partial charge in [-0.1, -0.05) is 44.9 Å². The van der Waals surface area contributed by atoms with Gasteiger partial charge in [-0.15, -0.1) is 0 Å². The molecular formula is C21H34NOSi. The molecule has 1 amide bonds. The molecule has 0 aromatic rings. The molecule has 5 unspecified atom stereocenters. The second-order valence-electron chi connectivity index (χ2n) is 8.64. The molecule has 133 valence electrons. The summed E-state index contributed by atoms with van der Waals surface area (Å²) in [6.07, 6.45) is 3.68. The van der Waals surface area contributed by atoms with Gasteiger partial charge in [0.25, 0.3) is 0 Å². The lowest BCUT2D eigenvalue weighted by atomic mass is 9.63. The molecule has 2 saturated carbocycles. The summed E-state index contributed by atoms with van der Waals surface area (Å²) in [6.45, 7) is 13.6. The molecule has 0 aliphatic heterocycles. The first-order valence-electron chi connectivity index (χ1n) is 9.97. The molecule has 3 aliphatic carbocycles. The van der Waals surface area contributed by atoms with Gasteiger partial charge in [-0.2, -0.15) is 0 Å². The Morgan fingerprint density at radius 2 is 1.79 bits per heavy atom. The highest BCUT2D eigenvalue weighted by atomic mass is 28.3. The van der Waals surface area contributed by atoms with E-state index < -0.39 is 14.2 Å². The summed E-state index contributed by atoms with van der Waals surface area (Å²) in [5, 5.41) is 0. The van der Waals surface area contributed by atoms with Crippen molar-refractivity contribution in [2.75, 3.05) is 0 Å². The van der Waals surface area contributed by atoms with E-state index in [1.807, 2.05) is 0 Å². The van der Waals surface area contributed by atoms with Crippen LogP contribution in [0.2, 0.25) is 17.6 Å². The maximum Gasteiger partial charge on any atom is 0.249 e. The molecule has 0 aromatic heterocycles. The van der Waals surface area contributed by atoms with Crippen LogP contribution in [0.5, 0.6) is 0 Å². The molecule has 3 rings (SSSR count). The highest BCUT2D eigenvalue weighted by Gasteiger charge is 2.65. The van der Waals surface area contributed by atoms with E-state index in [9.17, 15) is 4.79 Å². The fourth-order valence-electron chi connectivity index (χ4n) is 6.84. The zero-order valence-electron chi connectivity index (χ0n) is 16.3. The van der Waals surface area contributed by atoms with Gasteiger partial charge < -0.3 is 0 Å². The Hall–Kier alpha value is -0.833. The van der Waals surface area contributed by atoms with Crippen molar-refractivity contribution in [2.45, 2.75) is 78.4 Å². The summed E-state index contributed by atoms with van der Waals surface area (Å²) in [6, 6.07) is 2.54. The SMILES string of the molecule is CC[SiH](CC)C1C2CCC(C2)C1(C([NH])=O)C1=C(C)C(C)=C(C)C1C. The Balaban J connectivity index is 2.20. The normalized spacial score (nSPS) is 38.8. The molecule has 24 heavy (non-hydrogen) atoms. The molecular weight excluding hydrogens is 310 g/mol. The van der Waals surface area contributed by atoms with Crippen LogP contribution in [0.3, 0.4) is 0 Å². The minimum Gasteiger partial charge on any atom is -0.272 e. The van der Waals surface area contributed by atoms with E-state index >= 15 is 0 Å². The second-order valence-corrected chi connectivity index (χ2v) is 12.5. The van der Waals surface area contributed by atoms with E-state index in [0.717, 1.165) is 5.92 Å². The summed E-state index contributed by atoms with van der Waals surface area (Å²) in [5.41, 5.74) is 14.1. The van der Waals surface area contributed by atoms with Gasteiger partial charge in [0, 0.05) is 8.80 Å². The summed E-state index contributed by atoms with van der Waals surface area (Å²) < 4.78 is 0. The maximum atomic E-state index is 13.0. The van der Waals surface area contributed by atoms with Gasteiger partial charge in [0.05, 0.1) is 5.41 Å². The van der Waals surface area contributed by atoms with Crippen molar-refractivity contribution in [2.24, 2.45) is 23.2 Å². The van der Waals surface area contributed by atoms with Crippen molar-refractivity contribution in [3.05, 3.63) is 22.3 Å². The van der Waals surface area contributed by atoms with Crippen LogP contribution in [-0.2, 0) is 4.79 Å². The van der Waals surface area contributed by atoms with Gasteiger partial charge in [0.15, 0.2) is 0 Å². The van der Waals surface area contributed by atoms with Crippen molar-refractivity contribution in [3.63, 3.8) is 0 Å². The van der Waals surface area contributed by atoms with Crippen LogP contribution in [0.4, 0.5) is 0 Å². The summed E-state index contributed by atoms with van der Waals surface area (Å²) in [5.74, 6) is 1.26. The van der Waals surface area contributed by atoms with Crippen LogP contribution in [0.1, 0.15) is 60.8 Å². The van der Waals surface area contributed by atoms with Crippen molar-refractivity contribution in [1.82, 2.24) is 5.73 Å². The largest absolute Gasteiger partial charge is 0.272 e. The number of rotatable bonds is 5. The minimum absolute atomic E-state index is 0.247. The molecule has 0 heterocycles. The maximum absolute atomic E-state index is 13.0. The second kappa shape index (κ2) is 6.16. The van der Waals surface area contributed by atoms with E-state index in [0.29, 0.717) is 17.4 Å². The lowest BCUT2D eigenvalue weighted by Gasteiger charge is -2.47. The number of allylic oxidation sites excluding steroid dienone is 3. The molecule has 3 heteroatoms. The number of hydrogen-bond acceptors (Lipinski definition) is 1. The first-order chi connectivity index (χ1) is 11.3. The fourth-order valence-corrected chi connectivity index (χ4v) is 10.9. The molecule has 1 radical (unpaired) electrons. The van der Waals surface area contributed by atoms with Crippen molar-refractivity contribution < 1.29 is 4.79 Å². The first kappa shape index (κ1) is 18.0. The zero-order chi connectivity index (χ0) is 17.8. The monoisotopic (exact) mass is 344 g/mol. The number of fused-ring (bicyclic) bond motifs is 2. The molecule has 3 aliphatic rings. The number of hydrogen-bond donors (Lipinski definition) is 0. The molecule has 2 nitrogen and oxygen atoms in total. The Kier molecular flexibility index (Phi) is 4.61. The first-order valence-corrected chi connectivity index (χ1v) is 12.3. The molecule has 2 fully saturated rings. The third-order valence-electron chi connectivity index (χ3n) is 8.17. The Morgan fingerprint density at radius 1 is 1.17 bits per heavy atom. The lowest BCUT2D eigenvalue weighted by Crippen LogP contribution is -2.49. The van der Waals surface area contributed by atoms with Gasteiger partial charge in [-0.25, -0.2) is 0 Å². The average Bonchev–Trinajstić information content (AvgIpc) is 3.20. The summed E-state index contributed by atoms with van der Waals surface area (Å²) in [7, 11) is -1.02. The van der Waals surface area contributed by atoms with Crippen molar-refractivity contribution in [1.29, 1.82) is 0 Å². The van der Waals surface area contributed by atoms with E-state index in [4.69, 9.17) is 5.73 Å². The average molecular weight is 345 g/mol. The van der Waals surface area contributed by atoms with Crippen LogP contribution >= 0.6 is 0 Å². The highest BCUT2D eigenvalue weighted by Crippen LogP contribution is 2.70. The molecule has 0 spiro atoms. The number of nitrogens with one attached hydrogen (secondary N) is 1. The van der Waals surface area contributed by atoms with E-state index in [1.54, 1.807) is 0 Å². The molecule has 5 atom stereocenters. The predicted molar refractivity (Wildman–Crippen MR) is 103 cm³/mol. The van der Waals surface area contributed by atoms with Crippen LogP contribution in [0.25, 0.3) is 0 Å². The Morgan fingerprint density at radius 3 is 2.25 bits per heavy atom. The van der Waals surface area contributed by atoms with Crippen LogP contribution in [-0.4, -0.2) is 14.7 Å². The van der Waals surface area contributed by atoms with E-state index in [-0.39, 0.29) is 5.91 Å². The van der Waals surface area contributed by atoms with Gasteiger partial charge in [0.2, 0.25) is 5.91 Å². The van der Waals surface area contributed by atoms with E-state index in [1.165, 1.54) is 53.6 Å². The van der Waals surface area contributed by atoms with Gasteiger partial charge in [-0.3, -0.25) is 10.5 Å². The number of amides is 1. The molecule has 0 saturated heterocycles. The van der Waals surface area contributed by atoms with Crippen LogP contribution in [0, 0.1) is 23.2 Å². The predicted octanol–water partition coefficient (Wildman–Crippen LogP) is 5.15. The topological polar surface area (TPSA) is 40.9 Å². The summed E-state index contributed by atoms with van der Waals surface area (Å²) >= 11 is 0. The van der Waals surface area contributed by atoms with Crippen molar-refractivity contribution in [3.8, 4) is 0 Å². The van der Waals surface area contributed by atoms with E-state index in [2.05, 4.69) is 41.5 Å². The zero-order valence-corrected chi connectivity index (χ0v) is 17.5. The van der Waals surface area contributed by atoms with Gasteiger partial charge in [-0.05, 0) is 73.6 Å². The molecule has 0 aromatic carbocycles. The summed E-state index contributed by atoms with van der Waals surface area (Å²) in [4.78, 5) is 13.0. The molecule has 2 bridgehead atoms. The third-order valence-corrected chi connectivity index (χ3v) is 12.4. The lowest BCUT2D eigenvalue weighted by molar-refractivity contribution is -0.129. The fraction of sp³-hybridized carbons (Fsp3) is 0.762. The Labute approximate surface area is 149 Å². The Bertz CT molecular complexity index is 615. The highest BCUT2D eigenvalue weighted by molar-refractivity contribution is 6.61. The minimum atomic E-state index is -1.02. The van der Waals surface area contributed by atoms with Crippen molar-refractivity contribution >= 4 is 14.7 Å². The van der Waals surface area contributed by atoms with Crippen LogP contribution < -0.4 is 5.73 Å². The van der Waals surface area contributed by atoms with Gasteiger partial charge >= 0.3 is 0 Å². The van der Waals surface area contributed by atoms with Crippen LogP contribution in [0.15, 0.2) is 22.3 Å². The third kappa shape index (κ3) is 2.09. The number of carbonyl (C=O) groups excluding carboxylic acids is 1. The quantitative estimate of drug-likeness (QED) is 0.636. The smallest absolute Gasteiger partial charge is 0.249 e. The standard InChI is InChI=1S/C21H34NOSi/c1-7-24(8-2)19-16-9-10-17(11-16)21(19,20(22)23)18-14(5)12(3)13(4)15(18)6/h14,16-17,19,22,24H,7-11H2,1-6H3. The number of carbonyl (C=O) groups is 1. The molecule has 1 N–H and O–H groups in total. The van der Waals surface area contributed by atoms with Gasteiger partial charge in [0.1, 0.15) is 0 Å².